The average molecular weight is 278 g/mol. The van der Waals surface area contributed by atoms with E-state index in [-0.39, 0.29) is 11.8 Å². The maximum absolute atomic E-state index is 11.5. The second kappa shape index (κ2) is 5.28. The third kappa shape index (κ3) is 2.61. The molecule has 7 heteroatoms. The lowest BCUT2D eigenvalue weighted by atomic mass is 10.1. The van der Waals surface area contributed by atoms with Crippen LogP contribution in [0.15, 0.2) is 21.3 Å². The number of oxazole rings is 1. The molecule has 4 N–H and O–H groups in total. The highest BCUT2D eigenvalue weighted by Crippen LogP contribution is 2.27. The van der Waals surface area contributed by atoms with E-state index in [4.69, 9.17) is 10.2 Å². The first-order valence-corrected chi connectivity index (χ1v) is 6.27. The van der Waals surface area contributed by atoms with E-state index in [1.807, 2.05) is 18.9 Å². The summed E-state index contributed by atoms with van der Waals surface area (Å²) in [5.41, 5.74) is 8.20. The number of nitrogens with zero attached hydrogens (tertiary/aromatic N) is 1. The normalized spacial score (nSPS) is 12.3. The van der Waals surface area contributed by atoms with Gasteiger partial charge in [0.2, 0.25) is 5.91 Å². The Hall–Kier alpha value is -2.44. The summed E-state index contributed by atoms with van der Waals surface area (Å²) in [5, 5.41) is 2.61. The van der Waals surface area contributed by atoms with Gasteiger partial charge in [-0.25, -0.2) is 4.79 Å². The van der Waals surface area contributed by atoms with Crippen molar-refractivity contribution in [1.29, 1.82) is 0 Å². The molecule has 0 spiro atoms. The van der Waals surface area contributed by atoms with Crippen LogP contribution in [0.1, 0.15) is 6.92 Å². The second-order valence-electron chi connectivity index (χ2n) is 4.82. The van der Waals surface area contributed by atoms with E-state index in [1.165, 1.54) is 0 Å². The lowest BCUT2D eigenvalue weighted by Gasteiger charge is -2.24. The molecular formula is C13H18N4O3. The first-order chi connectivity index (χ1) is 9.42. The van der Waals surface area contributed by atoms with E-state index >= 15 is 0 Å². The molecule has 1 aromatic carbocycles. The minimum Gasteiger partial charge on any atom is -0.408 e. The number of carbonyl (C=O) groups excluding carboxylic acids is 1. The molecule has 0 fully saturated rings. The predicted molar refractivity (Wildman–Crippen MR) is 77.7 cm³/mol. The van der Waals surface area contributed by atoms with Crippen LogP contribution in [-0.4, -0.2) is 31.5 Å². The van der Waals surface area contributed by atoms with Crippen LogP contribution in [0.3, 0.4) is 0 Å². The highest BCUT2D eigenvalue weighted by molar-refractivity contribution is 5.86. The molecule has 1 atom stereocenters. The Morgan fingerprint density at radius 2 is 2.25 bits per heavy atom. The van der Waals surface area contributed by atoms with Crippen molar-refractivity contribution in [1.82, 2.24) is 10.3 Å². The summed E-state index contributed by atoms with van der Waals surface area (Å²) >= 11 is 0. The Kier molecular flexibility index (Phi) is 3.69. The van der Waals surface area contributed by atoms with Crippen molar-refractivity contribution in [3.05, 3.63) is 22.7 Å². The lowest BCUT2D eigenvalue weighted by Crippen LogP contribution is -2.34. The SMILES string of the molecule is CNC(=O)C(C)CN(C)c1cc2[nH]c(=O)oc2cc1N. The van der Waals surface area contributed by atoms with Gasteiger partial charge in [0.25, 0.3) is 0 Å². The average Bonchev–Trinajstić information content (AvgIpc) is 2.75. The van der Waals surface area contributed by atoms with Crippen LogP contribution in [0.5, 0.6) is 0 Å². The zero-order valence-electron chi connectivity index (χ0n) is 11.7. The second-order valence-corrected chi connectivity index (χ2v) is 4.82. The molecule has 2 rings (SSSR count). The van der Waals surface area contributed by atoms with Gasteiger partial charge in [-0.05, 0) is 6.07 Å². The molecule has 0 aliphatic rings. The molecule has 20 heavy (non-hydrogen) atoms. The third-order valence-electron chi connectivity index (χ3n) is 3.22. The molecule has 108 valence electrons. The number of benzene rings is 1. The topological polar surface area (TPSA) is 104 Å². The molecule has 2 aromatic rings. The number of hydrogen-bond donors (Lipinski definition) is 3. The van der Waals surface area contributed by atoms with E-state index in [0.29, 0.717) is 23.3 Å². The van der Waals surface area contributed by atoms with Crippen LogP contribution >= 0.6 is 0 Å². The number of nitrogen functional groups attached to an aromatic ring is 1. The van der Waals surface area contributed by atoms with Gasteiger partial charge in [0, 0.05) is 26.7 Å². The monoisotopic (exact) mass is 278 g/mol. The van der Waals surface area contributed by atoms with E-state index in [9.17, 15) is 9.59 Å². The molecule has 0 saturated carbocycles. The first kappa shape index (κ1) is 14.0. The van der Waals surface area contributed by atoms with Crippen LogP contribution in [0.25, 0.3) is 11.1 Å². The summed E-state index contributed by atoms with van der Waals surface area (Å²) < 4.78 is 4.95. The lowest BCUT2D eigenvalue weighted by molar-refractivity contribution is -0.123. The summed E-state index contributed by atoms with van der Waals surface area (Å²) in [6.07, 6.45) is 0. The van der Waals surface area contributed by atoms with Crippen LogP contribution in [-0.2, 0) is 4.79 Å². The summed E-state index contributed by atoms with van der Waals surface area (Å²) in [5.74, 6) is -0.727. The third-order valence-corrected chi connectivity index (χ3v) is 3.22. The quantitative estimate of drug-likeness (QED) is 0.707. The standard InChI is InChI=1S/C13H18N4O3/c1-7(12(18)15-2)6-17(3)10-5-9-11(4-8(10)14)20-13(19)16-9/h4-5,7H,6,14H2,1-3H3,(H,15,18)(H,16,19). The van der Waals surface area contributed by atoms with Crippen molar-refractivity contribution < 1.29 is 9.21 Å². The van der Waals surface area contributed by atoms with E-state index in [1.54, 1.807) is 19.2 Å². The molecule has 0 aliphatic heterocycles. The summed E-state index contributed by atoms with van der Waals surface area (Å²) in [6.45, 7) is 2.35. The number of nitrogens with two attached hydrogens (primary N) is 1. The number of aromatic amines is 1. The Labute approximate surface area is 115 Å². The van der Waals surface area contributed by atoms with Gasteiger partial charge in [-0.3, -0.25) is 9.78 Å². The number of anilines is 2. The Bertz CT molecular complexity index is 688. The molecule has 1 amide bonds. The smallest absolute Gasteiger partial charge is 0.408 e. The highest BCUT2D eigenvalue weighted by atomic mass is 16.4. The minimum absolute atomic E-state index is 0.0341. The molecule has 0 bridgehead atoms. The fourth-order valence-corrected chi connectivity index (χ4v) is 2.17. The van der Waals surface area contributed by atoms with Crippen LogP contribution in [0, 0.1) is 5.92 Å². The number of fused-ring (bicyclic) bond motifs is 1. The molecule has 0 radical (unpaired) electrons. The van der Waals surface area contributed by atoms with Crippen molar-refractivity contribution in [2.24, 2.45) is 5.92 Å². The summed E-state index contributed by atoms with van der Waals surface area (Å²) in [6, 6.07) is 3.34. The Balaban J connectivity index is 2.29. The maximum atomic E-state index is 11.5. The van der Waals surface area contributed by atoms with E-state index in [0.717, 1.165) is 5.69 Å². The van der Waals surface area contributed by atoms with Gasteiger partial charge in [0.1, 0.15) is 0 Å². The van der Waals surface area contributed by atoms with Gasteiger partial charge in [-0.15, -0.1) is 0 Å². The van der Waals surface area contributed by atoms with Gasteiger partial charge >= 0.3 is 5.76 Å². The maximum Gasteiger partial charge on any atom is 0.417 e. The number of rotatable bonds is 4. The minimum atomic E-state index is -0.516. The largest absolute Gasteiger partial charge is 0.417 e. The van der Waals surface area contributed by atoms with Gasteiger partial charge < -0.3 is 20.4 Å². The van der Waals surface area contributed by atoms with Gasteiger partial charge in [-0.2, -0.15) is 0 Å². The first-order valence-electron chi connectivity index (χ1n) is 6.27. The fourth-order valence-electron chi connectivity index (χ4n) is 2.17. The zero-order chi connectivity index (χ0) is 14.9. The van der Waals surface area contributed by atoms with Crippen molar-refractivity contribution in [3.63, 3.8) is 0 Å². The molecule has 7 nitrogen and oxygen atoms in total. The van der Waals surface area contributed by atoms with Gasteiger partial charge in [0.05, 0.1) is 22.8 Å². The van der Waals surface area contributed by atoms with Crippen molar-refractivity contribution in [2.45, 2.75) is 6.92 Å². The number of nitrogens with one attached hydrogen (secondary N) is 2. The molecule has 1 unspecified atom stereocenters. The van der Waals surface area contributed by atoms with Crippen LogP contribution in [0.2, 0.25) is 0 Å². The zero-order valence-corrected chi connectivity index (χ0v) is 11.7. The van der Waals surface area contributed by atoms with Crippen LogP contribution < -0.4 is 21.7 Å². The number of carbonyl (C=O) groups is 1. The number of aromatic nitrogens is 1. The number of amides is 1. The predicted octanol–water partition coefficient (Wildman–Crippen LogP) is 0.522. The number of hydrogen-bond acceptors (Lipinski definition) is 5. The Morgan fingerprint density at radius 1 is 1.55 bits per heavy atom. The van der Waals surface area contributed by atoms with Crippen molar-refractivity contribution in [2.75, 3.05) is 31.3 Å². The van der Waals surface area contributed by atoms with E-state index < -0.39 is 5.76 Å². The molecule has 0 saturated heterocycles. The fraction of sp³-hybridized carbons (Fsp3) is 0.385. The van der Waals surface area contributed by atoms with Crippen LogP contribution in [0.4, 0.5) is 11.4 Å². The van der Waals surface area contributed by atoms with Crippen molar-refractivity contribution in [3.8, 4) is 0 Å². The number of H-pyrrole nitrogens is 1. The molecule has 1 aromatic heterocycles. The van der Waals surface area contributed by atoms with E-state index in [2.05, 4.69) is 10.3 Å². The summed E-state index contributed by atoms with van der Waals surface area (Å²) in [4.78, 5) is 27.2. The highest BCUT2D eigenvalue weighted by Gasteiger charge is 2.16. The van der Waals surface area contributed by atoms with Crippen molar-refractivity contribution >= 4 is 28.4 Å². The van der Waals surface area contributed by atoms with Gasteiger partial charge in [-0.1, -0.05) is 6.92 Å². The molecule has 0 aliphatic carbocycles. The van der Waals surface area contributed by atoms with Gasteiger partial charge in [0.15, 0.2) is 5.58 Å². The summed E-state index contributed by atoms with van der Waals surface area (Å²) in [7, 11) is 3.45. The molecular weight excluding hydrogens is 260 g/mol. The Morgan fingerprint density at radius 3 is 2.90 bits per heavy atom. The molecule has 1 heterocycles.